The minimum atomic E-state index is -0.147. The van der Waals surface area contributed by atoms with Gasteiger partial charge in [0, 0.05) is 48.2 Å². The number of hydrogen-bond donors (Lipinski definition) is 1. The number of rotatable bonds is 3. The third-order valence-corrected chi connectivity index (χ3v) is 5.16. The van der Waals surface area contributed by atoms with Gasteiger partial charge in [-0.2, -0.15) is 11.8 Å². The third-order valence-electron chi connectivity index (χ3n) is 4.22. The van der Waals surface area contributed by atoms with Crippen molar-refractivity contribution in [1.82, 2.24) is 14.9 Å². The van der Waals surface area contributed by atoms with Crippen molar-refractivity contribution in [1.29, 1.82) is 0 Å². The molecule has 2 aromatic rings. The number of thioether (sulfide) groups is 1. The number of aromatic amines is 1. The van der Waals surface area contributed by atoms with Crippen LogP contribution in [-0.4, -0.2) is 39.5 Å². The molecule has 128 valence electrons. The fraction of sp³-hybridized carbons (Fsp3) is 0.474. The van der Waals surface area contributed by atoms with Gasteiger partial charge in [0.1, 0.15) is 5.82 Å². The van der Waals surface area contributed by atoms with Crippen LogP contribution in [0.2, 0.25) is 0 Å². The lowest BCUT2D eigenvalue weighted by molar-refractivity contribution is 0.294. The van der Waals surface area contributed by atoms with E-state index in [0.29, 0.717) is 5.82 Å². The second kappa shape index (κ2) is 7.11. The van der Waals surface area contributed by atoms with E-state index in [1.54, 1.807) is 6.07 Å². The number of hydrogen-bond acceptors (Lipinski definition) is 4. The van der Waals surface area contributed by atoms with Crippen LogP contribution >= 0.6 is 11.8 Å². The largest absolute Gasteiger partial charge is 0.307 e. The molecule has 0 amide bonds. The molecular formula is C19H25N3OS. The van der Waals surface area contributed by atoms with Crippen molar-refractivity contribution in [2.75, 3.05) is 24.6 Å². The molecule has 5 heteroatoms. The summed E-state index contributed by atoms with van der Waals surface area (Å²) in [5.74, 6) is 3.08. The number of benzene rings is 1. The van der Waals surface area contributed by atoms with Gasteiger partial charge in [-0.05, 0) is 11.6 Å². The summed E-state index contributed by atoms with van der Waals surface area (Å²) in [5.41, 5.74) is 2.82. The molecule has 24 heavy (non-hydrogen) atoms. The minimum absolute atomic E-state index is 0.0941. The fourth-order valence-corrected chi connectivity index (χ4v) is 3.79. The second-order valence-electron chi connectivity index (χ2n) is 7.32. The van der Waals surface area contributed by atoms with Gasteiger partial charge >= 0.3 is 0 Å². The van der Waals surface area contributed by atoms with E-state index in [1.165, 1.54) is 17.1 Å². The lowest BCUT2D eigenvalue weighted by Gasteiger charge is -2.26. The van der Waals surface area contributed by atoms with Gasteiger partial charge in [-0.3, -0.25) is 9.69 Å². The van der Waals surface area contributed by atoms with Crippen molar-refractivity contribution in [3.05, 3.63) is 51.9 Å². The second-order valence-corrected chi connectivity index (χ2v) is 8.54. The third kappa shape index (κ3) is 4.28. The van der Waals surface area contributed by atoms with Crippen molar-refractivity contribution in [2.24, 2.45) is 0 Å². The highest BCUT2D eigenvalue weighted by molar-refractivity contribution is 7.99. The first-order chi connectivity index (χ1) is 11.4. The fourth-order valence-electron chi connectivity index (χ4n) is 2.81. The van der Waals surface area contributed by atoms with Crippen LogP contribution in [0.4, 0.5) is 0 Å². The number of H-pyrrole nitrogens is 1. The molecule has 0 spiro atoms. The van der Waals surface area contributed by atoms with Crippen LogP contribution in [0, 0.1) is 0 Å². The highest BCUT2D eigenvalue weighted by Crippen LogP contribution is 2.22. The maximum absolute atomic E-state index is 12.0. The highest BCUT2D eigenvalue weighted by atomic mass is 32.2. The molecule has 1 aliphatic heterocycles. The van der Waals surface area contributed by atoms with Crippen LogP contribution in [0.5, 0.6) is 0 Å². The summed E-state index contributed by atoms with van der Waals surface area (Å²) >= 11 is 2.02. The molecule has 2 heterocycles. The van der Waals surface area contributed by atoms with Crippen LogP contribution < -0.4 is 5.56 Å². The maximum atomic E-state index is 12.0. The molecule has 0 atom stereocenters. The van der Waals surface area contributed by atoms with Gasteiger partial charge in [-0.15, -0.1) is 0 Å². The van der Waals surface area contributed by atoms with Gasteiger partial charge in [0.25, 0.3) is 5.56 Å². The summed E-state index contributed by atoms with van der Waals surface area (Å²) in [6.07, 6.45) is 0. The molecule has 1 saturated heterocycles. The molecule has 1 N–H and O–H groups in total. The standard InChI is InChI=1S/C19H25N3OS/c1-19(2,3)16-12-17(23)21-18(20-16)15-6-4-5-14(11-15)13-22-7-9-24-10-8-22/h4-6,11-12H,7-10,13H2,1-3H3,(H,20,21,23). The van der Waals surface area contributed by atoms with Gasteiger partial charge in [-0.25, -0.2) is 4.98 Å². The van der Waals surface area contributed by atoms with Crippen molar-refractivity contribution < 1.29 is 0 Å². The van der Waals surface area contributed by atoms with Gasteiger partial charge in [-0.1, -0.05) is 39.0 Å². The van der Waals surface area contributed by atoms with E-state index in [1.807, 2.05) is 23.9 Å². The van der Waals surface area contributed by atoms with Crippen molar-refractivity contribution in [3.63, 3.8) is 0 Å². The SMILES string of the molecule is CC(C)(C)c1cc(=O)[nH]c(-c2cccc(CN3CCSCC3)c2)n1. The summed E-state index contributed by atoms with van der Waals surface area (Å²) in [6, 6.07) is 9.95. The quantitative estimate of drug-likeness (QED) is 0.929. The molecule has 0 radical (unpaired) electrons. The minimum Gasteiger partial charge on any atom is -0.307 e. The Hall–Kier alpha value is -1.59. The molecular weight excluding hydrogens is 318 g/mol. The van der Waals surface area contributed by atoms with E-state index in [4.69, 9.17) is 4.98 Å². The Kier molecular flexibility index (Phi) is 5.11. The van der Waals surface area contributed by atoms with E-state index in [0.717, 1.165) is 30.9 Å². The van der Waals surface area contributed by atoms with Crippen molar-refractivity contribution in [3.8, 4) is 11.4 Å². The molecule has 4 nitrogen and oxygen atoms in total. The predicted octanol–water partition coefficient (Wildman–Crippen LogP) is 3.28. The first kappa shape index (κ1) is 17.2. The van der Waals surface area contributed by atoms with Crippen molar-refractivity contribution >= 4 is 11.8 Å². The van der Waals surface area contributed by atoms with Crippen LogP contribution in [-0.2, 0) is 12.0 Å². The summed E-state index contributed by atoms with van der Waals surface area (Å²) in [4.78, 5) is 22.1. The van der Waals surface area contributed by atoms with Crippen LogP contribution in [0.15, 0.2) is 35.1 Å². The first-order valence-corrected chi connectivity index (χ1v) is 9.58. The van der Waals surface area contributed by atoms with E-state index in [2.05, 4.69) is 42.8 Å². The molecule has 1 aromatic carbocycles. The lowest BCUT2D eigenvalue weighted by atomic mass is 9.92. The number of nitrogens with one attached hydrogen (secondary N) is 1. The lowest BCUT2D eigenvalue weighted by Crippen LogP contribution is -2.31. The van der Waals surface area contributed by atoms with Gasteiger partial charge < -0.3 is 4.98 Å². The van der Waals surface area contributed by atoms with Crippen LogP contribution in [0.3, 0.4) is 0 Å². The predicted molar refractivity (Wildman–Crippen MR) is 102 cm³/mol. The van der Waals surface area contributed by atoms with E-state index < -0.39 is 0 Å². The Morgan fingerprint density at radius 3 is 2.67 bits per heavy atom. The zero-order valence-corrected chi connectivity index (χ0v) is 15.4. The van der Waals surface area contributed by atoms with Gasteiger partial charge in [0.2, 0.25) is 0 Å². The topological polar surface area (TPSA) is 49.0 Å². The Morgan fingerprint density at radius 2 is 1.96 bits per heavy atom. The van der Waals surface area contributed by atoms with Crippen LogP contribution in [0.25, 0.3) is 11.4 Å². The van der Waals surface area contributed by atoms with Gasteiger partial charge in [0.05, 0.1) is 5.69 Å². The smallest absolute Gasteiger partial charge is 0.251 e. The maximum Gasteiger partial charge on any atom is 0.251 e. The van der Waals surface area contributed by atoms with E-state index in [-0.39, 0.29) is 11.0 Å². The zero-order chi connectivity index (χ0) is 17.2. The number of aromatic nitrogens is 2. The number of nitrogens with zero attached hydrogens (tertiary/aromatic N) is 2. The summed E-state index contributed by atoms with van der Waals surface area (Å²) in [7, 11) is 0. The molecule has 0 saturated carbocycles. The zero-order valence-electron chi connectivity index (χ0n) is 14.6. The Bertz CT molecular complexity index is 758. The molecule has 0 bridgehead atoms. The Labute approximate surface area is 147 Å². The molecule has 0 aliphatic carbocycles. The first-order valence-electron chi connectivity index (χ1n) is 8.43. The highest BCUT2D eigenvalue weighted by Gasteiger charge is 2.18. The van der Waals surface area contributed by atoms with E-state index in [9.17, 15) is 4.79 Å². The molecule has 1 aliphatic rings. The average molecular weight is 343 g/mol. The Balaban J connectivity index is 1.88. The molecule has 1 aromatic heterocycles. The normalized spacial score (nSPS) is 16.3. The molecule has 1 fully saturated rings. The monoisotopic (exact) mass is 343 g/mol. The Morgan fingerprint density at radius 1 is 1.21 bits per heavy atom. The molecule has 0 unspecified atom stereocenters. The van der Waals surface area contributed by atoms with Crippen LogP contribution in [0.1, 0.15) is 32.0 Å². The summed E-state index contributed by atoms with van der Waals surface area (Å²) in [5, 5.41) is 0. The van der Waals surface area contributed by atoms with E-state index >= 15 is 0 Å². The summed E-state index contributed by atoms with van der Waals surface area (Å²) in [6.45, 7) is 9.46. The van der Waals surface area contributed by atoms with Gasteiger partial charge in [0.15, 0.2) is 0 Å². The molecule has 3 rings (SSSR count). The average Bonchev–Trinajstić information content (AvgIpc) is 2.55. The van der Waals surface area contributed by atoms with Crippen molar-refractivity contribution in [2.45, 2.75) is 32.7 Å². The summed E-state index contributed by atoms with van der Waals surface area (Å²) < 4.78 is 0.